The molecule has 31 heavy (non-hydrogen) atoms. The third-order valence-electron chi connectivity index (χ3n) is 6.54. The van der Waals surface area contributed by atoms with Crippen molar-refractivity contribution in [3.8, 4) is 17.2 Å². The highest BCUT2D eigenvalue weighted by Crippen LogP contribution is 2.54. The summed E-state index contributed by atoms with van der Waals surface area (Å²) in [6.07, 6.45) is 5.38. The molecule has 170 valence electrons. The van der Waals surface area contributed by atoms with Gasteiger partial charge in [-0.2, -0.15) is 0 Å². The summed E-state index contributed by atoms with van der Waals surface area (Å²) in [6, 6.07) is 0. The minimum absolute atomic E-state index is 0.120. The summed E-state index contributed by atoms with van der Waals surface area (Å²) in [4.78, 5) is 25.9. The van der Waals surface area contributed by atoms with Gasteiger partial charge in [-0.3, -0.25) is 9.59 Å². The molecule has 0 bridgehead atoms. The smallest absolute Gasteiger partial charge is 0.309 e. The summed E-state index contributed by atoms with van der Waals surface area (Å²) in [6.45, 7) is 11.5. The fraction of sp³-hybridized carbons (Fsp3) is 0.600. The van der Waals surface area contributed by atoms with E-state index in [-0.39, 0.29) is 41.0 Å². The Morgan fingerprint density at radius 3 is 2.52 bits per heavy atom. The minimum atomic E-state index is -0.607. The molecule has 0 aliphatic carbocycles. The van der Waals surface area contributed by atoms with Crippen molar-refractivity contribution in [2.24, 2.45) is 11.8 Å². The van der Waals surface area contributed by atoms with Crippen LogP contribution in [-0.2, 0) is 9.53 Å². The standard InChI is InChI=1S/C25H34O6/c1-8-10-16(15(9-2)24(28)29-7)18-22-17(11-12-25(5,6)31-22)21(27)19-20(26)13(3)14(4)30-23(18)19/h11-16,27H,8-10H2,1-7H3/t13-,14-,15+,16-/m0/s1. The van der Waals surface area contributed by atoms with E-state index in [0.29, 0.717) is 35.5 Å². The Kier molecular flexibility index (Phi) is 6.40. The lowest BCUT2D eigenvalue weighted by molar-refractivity contribution is -0.146. The molecule has 0 fully saturated rings. The molecule has 3 rings (SSSR count). The van der Waals surface area contributed by atoms with Crippen LogP contribution in [0.2, 0.25) is 0 Å². The summed E-state index contributed by atoms with van der Waals surface area (Å²) in [5.41, 5.74) is 0.733. The summed E-state index contributed by atoms with van der Waals surface area (Å²) < 4.78 is 17.7. The van der Waals surface area contributed by atoms with Crippen molar-refractivity contribution >= 4 is 17.8 Å². The molecule has 2 aliphatic rings. The van der Waals surface area contributed by atoms with E-state index in [2.05, 4.69) is 6.92 Å². The van der Waals surface area contributed by atoms with E-state index >= 15 is 0 Å². The van der Waals surface area contributed by atoms with E-state index in [1.54, 1.807) is 13.0 Å². The Hall–Kier alpha value is -2.50. The van der Waals surface area contributed by atoms with E-state index in [0.717, 1.165) is 6.42 Å². The number of rotatable bonds is 6. The fourth-order valence-corrected chi connectivity index (χ4v) is 4.62. The molecule has 1 N–H and O–H groups in total. The highest BCUT2D eigenvalue weighted by molar-refractivity contribution is 6.06. The normalized spacial score (nSPS) is 23.1. The Balaban J connectivity index is 2.38. The van der Waals surface area contributed by atoms with Crippen molar-refractivity contribution in [3.63, 3.8) is 0 Å². The van der Waals surface area contributed by atoms with Crippen LogP contribution in [0, 0.1) is 11.8 Å². The maximum Gasteiger partial charge on any atom is 0.309 e. The molecule has 2 heterocycles. The highest BCUT2D eigenvalue weighted by Gasteiger charge is 2.43. The van der Waals surface area contributed by atoms with Gasteiger partial charge in [0.15, 0.2) is 5.78 Å². The number of carbonyl (C=O) groups excluding carboxylic acids is 2. The Morgan fingerprint density at radius 2 is 1.94 bits per heavy atom. The third kappa shape index (κ3) is 3.92. The number of methoxy groups -OCH3 is 1. The van der Waals surface area contributed by atoms with Gasteiger partial charge in [0, 0.05) is 11.5 Å². The molecule has 0 unspecified atom stereocenters. The lowest BCUT2D eigenvalue weighted by Crippen LogP contribution is -2.36. The Labute approximate surface area is 184 Å². The number of phenolic OH excluding ortho intramolecular Hbond substituents is 1. The molecule has 4 atom stereocenters. The Morgan fingerprint density at radius 1 is 1.26 bits per heavy atom. The number of hydrogen-bond acceptors (Lipinski definition) is 6. The quantitative estimate of drug-likeness (QED) is 0.620. The molecule has 0 saturated carbocycles. The zero-order valence-electron chi connectivity index (χ0n) is 19.6. The van der Waals surface area contributed by atoms with Crippen LogP contribution in [0.1, 0.15) is 88.2 Å². The van der Waals surface area contributed by atoms with Gasteiger partial charge in [0.1, 0.15) is 34.5 Å². The van der Waals surface area contributed by atoms with Crippen molar-refractivity contribution < 1.29 is 28.9 Å². The van der Waals surface area contributed by atoms with Crippen LogP contribution in [0.4, 0.5) is 0 Å². The molecule has 1 aromatic carbocycles. The van der Waals surface area contributed by atoms with Gasteiger partial charge < -0.3 is 19.3 Å². The van der Waals surface area contributed by atoms with Crippen LogP contribution < -0.4 is 9.47 Å². The van der Waals surface area contributed by atoms with Crippen LogP contribution in [0.15, 0.2) is 6.08 Å². The van der Waals surface area contributed by atoms with Gasteiger partial charge in [-0.1, -0.05) is 27.2 Å². The average Bonchev–Trinajstić information content (AvgIpc) is 2.71. The molecular weight excluding hydrogens is 396 g/mol. The first-order valence-electron chi connectivity index (χ1n) is 11.2. The molecule has 0 radical (unpaired) electrons. The molecular formula is C25H34O6. The third-order valence-corrected chi connectivity index (χ3v) is 6.54. The number of ketones is 1. The van der Waals surface area contributed by atoms with Gasteiger partial charge in [0.25, 0.3) is 0 Å². The summed E-state index contributed by atoms with van der Waals surface area (Å²) in [5, 5.41) is 11.1. The number of aromatic hydroxyl groups is 1. The SMILES string of the molecule is CCC[C@H](c1c2c(c(O)c3c1O[C@@H](C)[C@H](C)C3=O)C=CC(C)(C)O2)[C@@H](CC)C(=O)OC. The number of carbonyl (C=O) groups is 2. The van der Waals surface area contributed by atoms with Crippen LogP contribution >= 0.6 is 0 Å². The van der Waals surface area contributed by atoms with Crippen molar-refractivity contribution in [2.75, 3.05) is 7.11 Å². The molecule has 6 heteroatoms. The molecule has 0 aromatic heterocycles. The molecule has 0 amide bonds. The molecule has 6 nitrogen and oxygen atoms in total. The van der Waals surface area contributed by atoms with E-state index in [4.69, 9.17) is 14.2 Å². The Bertz CT molecular complexity index is 913. The largest absolute Gasteiger partial charge is 0.506 e. The van der Waals surface area contributed by atoms with Gasteiger partial charge in [0.05, 0.1) is 24.5 Å². The number of ether oxygens (including phenoxy) is 3. The van der Waals surface area contributed by atoms with Crippen molar-refractivity contribution in [1.82, 2.24) is 0 Å². The first-order valence-corrected chi connectivity index (χ1v) is 11.2. The van der Waals surface area contributed by atoms with E-state index in [1.807, 2.05) is 33.8 Å². The number of Topliss-reactive ketones (excluding diaryl/α,β-unsaturated/α-hetero) is 1. The van der Waals surface area contributed by atoms with Gasteiger partial charge in [-0.25, -0.2) is 0 Å². The zero-order chi connectivity index (χ0) is 23.1. The van der Waals surface area contributed by atoms with Crippen LogP contribution in [0.3, 0.4) is 0 Å². The first-order chi connectivity index (χ1) is 14.6. The summed E-state index contributed by atoms with van der Waals surface area (Å²) in [7, 11) is 1.39. The van der Waals surface area contributed by atoms with Gasteiger partial charge >= 0.3 is 5.97 Å². The average molecular weight is 431 g/mol. The highest BCUT2D eigenvalue weighted by atomic mass is 16.5. The van der Waals surface area contributed by atoms with E-state index in [9.17, 15) is 14.7 Å². The van der Waals surface area contributed by atoms with E-state index in [1.165, 1.54) is 7.11 Å². The number of phenols is 1. The van der Waals surface area contributed by atoms with E-state index < -0.39 is 11.5 Å². The maximum atomic E-state index is 13.2. The predicted molar refractivity (Wildman–Crippen MR) is 119 cm³/mol. The van der Waals surface area contributed by atoms with Crippen molar-refractivity contribution in [2.45, 2.75) is 78.4 Å². The predicted octanol–water partition coefficient (Wildman–Crippen LogP) is 5.26. The van der Waals surface area contributed by atoms with Crippen LogP contribution in [0.25, 0.3) is 6.08 Å². The fourth-order valence-electron chi connectivity index (χ4n) is 4.62. The summed E-state index contributed by atoms with van der Waals surface area (Å²) in [5.74, 6) is -0.833. The molecule has 1 aromatic rings. The number of hydrogen-bond donors (Lipinski definition) is 1. The molecule has 2 aliphatic heterocycles. The monoisotopic (exact) mass is 430 g/mol. The van der Waals surface area contributed by atoms with Crippen molar-refractivity contribution in [1.29, 1.82) is 0 Å². The lowest BCUT2D eigenvalue weighted by Gasteiger charge is -2.38. The number of benzene rings is 1. The second kappa shape index (κ2) is 8.56. The molecule has 0 saturated heterocycles. The first kappa shape index (κ1) is 23.2. The van der Waals surface area contributed by atoms with Gasteiger partial charge in [-0.05, 0) is 45.8 Å². The van der Waals surface area contributed by atoms with Gasteiger partial charge in [0.2, 0.25) is 0 Å². The topological polar surface area (TPSA) is 82.1 Å². The zero-order valence-corrected chi connectivity index (χ0v) is 19.6. The van der Waals surface area contributed by atoms with Gasteiger partial charge in [-0.15, -0.1) is 0 Å². The number of fused-ring (bicyclic) bond motifs is 2. The van der Waals surface area contributed by atoms with Crippen LogP contribution in [0.5, 0.6) is 17.2 Å². The minimum Gasteiger partial charge on any atom is -0.506 e. The maximum absolute atomic E-state index is 13.2. The van der Waals surface area contributed by atoms with Crippen molar-refractivity contribution in [3.05, 3.63) is 22.8 Å². The second-order valence-corrected chi connectivity index (χ2v) is 9.16. The number of esters is 1. The second-order valence-electron chi connectivity index (χ2n) is 9.16. The van der Waals surface area contributed by atoms with Crippen LogP contribution in [-0.4, -0.2) is 35.7 Å². The summed E-state index contributed by atoms with van der Waals surface area (Å²) >= 11 is 0. The molecule has 0 spiro atoms. The lowest BCUT2D eigenvalue weighted by atomic mass is 9.76.